The van der Waals surface area contributed by atoms with E-state index in [1.807, 2.05) is 6.07 Å². The lowest BCUT2D eigenvalue weighted by Crippen LogP contribution is -2.13. The van der Waals surface area contributed by atoms with Gasteiger partial charge in [0.25, 0.3) is 5.91 Å². The number of carbonyl (C=O) groups is 1. The van der Waals surface area contributed by atoms with Crippen LogP contribution in [-0.4, -0.2) is 18.1 Å². The monoisotopic (exact) mass is 406 g/mol. The fourth-order valence-corrected chi connectivity index (χ4v) is 2.52. The molecule has 1 amide bonds. The lowest BCUT2D eigenvalue weighted by atomic mass is 10.1. The van der Waals surface area contributed by atoms with Gasteiger partial charge in [0.1, 0.15) is 11.6 Å². The largest absolute Gasteiger partial charge is 0.504 e. The summed E-state index contributed by atoms with van der Waals surface area (Å²) in [5, 5.41) is 21.9. The number of amides is 1. The molecule has 0 aliphatic heterocycles. The van der Waals surface area contributed by atoms with Crippen molar-refractivity contribution in [3.63, 3.8) is 0 Å². The number of rotatable bonds is 4. The molecule has 0 saturated heterocycles. The highest BCUT2D eigenvalue weighted by molar-refractivity contribution is 9.10. The number of para-hydroxylation sites is 1. The Bertz CT molecular complexity index is 859. The highest BCUT2D eigenvalue weighted by Crippen LogP contribution is 2.33. The normalized spacial score (nSPS) is 10.8. The summed E-state index contributed by atoms with van der Waals surface area (Å²) in [6, 6.07) is 11.5. The van der Waals surface area contributed by atoms with Crippen LogP contribution in [0.2, 0.25) is 5.02 Å². The number of aromatic hydroxyl groups is 1. The number of halogens is 2. The first-order valence-electron chi connectivity index (χ1n) is 6.70. The van der Waals surface area contributed by atoms with Crippen LogP contribution in [0.25, 0.3) is 6.08 Å². The van der Waals surface area contributed by atoms with Crippen LogP contribution in [0, 0.1) is 11.3 Å². The molecule has 2 aromatic rings. The lowest BCUT2D eigenvalue weighted by molar-refractivity contribution is -0.112. The van der Waals surface area contributed by atoms with Crippen molar-refractivity contribution in [1.29, 1.82) is 5.26 Å². The molecule has 0 saturated carbocycles. The van der Waals surface area contributed by atoms with E-state index in [1.54, 1.807) is 24.3 Å². The van der Waals surface area contributed by atoms with Gasteiger partial charge < -0.3 is 15.2 Å². The van der Waals surface area contributed by atoms with E-state index in [-0.39, 0.29) is 17.1 Å². The van der Waals surface area contributed by atoms with Gasteiger partial charge in [-0.25, -0.2) is 0 Å². The van der Waals surface area contributed by atoms with Gasteiger partial charge in [0, 0.05) is 4.47 Å². The summed E-state index contributed by atoms with van der Waals surface area (Å²) in [4.78, 5) is 12.3. The quantitative estimate of drug-likeness (QED) is 0.583. The average molecular weight is 408 g/mol. The molecule has 24 heavy (non-hydrogen) atoms. The number of hydrogen-bond acceptors (Lipinski definition) is 4. The Hall–Kier alpha value is -2.49. The third-order valence-corrected chi connectivity index (χ3v) is 4.10. The fraction of sp³-hybridized carbons (Fsp3) is 0.0588. The first-order valence-corrected chi connectivity index (χ1v) is 7.87. The summed E-state index contributed by atoms with van der Waals surface area (Å²) in [7, 11) is 1.41. The molecular weight excluding hydrogens is 396 g/mol. The Morgan fingerprint density at radius 1 is 1.42 bits per heavy atom. The van der Waals surface area contributed by atoms with Crippen LogP contribution < -0.4 is 10.1 Å². The van der Waals surface area contributed by atoms with Crippen LogP contribution in [-0.2, 0) is 4.79 Å². The predicted molar refractivity (Wildman–Crippen MR) is 96.0 cm³/mol. The van der Waals surface area contributed by atoms with E-state index < -0.39 is 5.91 Å². The molecule has 0 bridgehead atoms. The Labute approximate surface area is 152 Å². The van der Waals surface area contributed by atoms with Gasteiger partial charge in [-0.15, -0.1) is 0 Å². The third-order valence-electron chi connectivity index (χ3n) is 3.09. The van der Waals surface area contributed by atoms with Crippen LogP contribution >= 0.6 is 27.5 Å². The number of hydrogen-bond donors (Lipinski definition) is 2. The Morgan fingerprint density at radius 3 is 2.75 bits per heavy atom. The van der Waals surface area contributed by atoms with Crippen LogP contribution in [0.4, 0.5) is 5.69 Å². The number of nitriles is 1. The molecule has 0 aromatic heterocycles. The zero-order valence-electron chi connectivity index (χ0n) is 12.5. The molecule has 122 valence electrons. The first kappa shape index (κ1) is 17.9. The molecule has 0 heterocycles. The topological polar surface area (TPSA) is 82.3 Å². The van der Waals surface area contributed by atoms with E-state index >= 15 is 0 Å². The molecule has 2 rings (SSSR count). The standard InChI is InChI=1S/C17H12BrClN2O3/c1-24-16-7-10(12(18)8-15(16)22)6-11(9-20)17(23)21-14-5-3-2-4-13(14)19/h2-8,22H,1H3,(H,21,23)/b11-6-. The van der Waals surface area contributed by atoms with E-state index in [0.717, 1.165) is 0 Å². The molecule has 0 aliphatic carbocycles. The minimum absolute atomic E-state index is 0.0550. The minimum Gasteiger partial charge on any atom is -0.504 e. The van der Waals surface area contributed by atoms with E-state index in [4.69, 9.17) is 16.3 Å². The summed E-state index contributed by atoms with van der Waals surface area (Å²) in [6.07, 6.45) is 1.39. The second-order valence-corrected chi connectivity index (χ2v) is 5.91. The van der Waals surface area contributed by atoms with Gasteiger partial charge in [0.05, 0.1) is 17.8 Å². The van der Waals surface area contributed by atoms with Gasteiger partial charge in [-0.3, -0.25) is 4.79 Å². The van der Waals surface area contributed by atoms with Crippen molar-refractivity contribution in [2.24, 2.45) is 0 Å². The molecule has 5 nitrogen and oxygen atoms in total. The van der Waals surface area contributed by atoms with Crippen LogP contribution in [0.5, 0.6) is 11.5 Å². The summed E-state index contributed by atoms with van der Waals surface area (Å²) in [6.45, 7) is 0. The zero-order chi connectivity index (χ0) is 17.7. The van der Waals surface area contributed by atoms with E-state index in [9.17, 15) is 15.2 Å². The van der Waals surface area contributed by atoms with Gasteiger partial charge in [-0.1, -0.05) is 39.7 Å². The van der Waals surface area contributed by atoms with Gasteiger partial charge in [-0.2, -0.15) is 5.26 Å². The number of anilines is 1. The summed E-state index contributed by atoms with van der Waals surface area (Å²) < 4.78 is 5.54. The number of benzene rings is 2. The number of nitrogens with one attached hydrogen (secondary N) is 1. The molecular formula is C17H12BrClN2O3. The van der Waals surface area contributed by atoms with E-state index in [1.165, 1.54) is 25.3 Å². The number of phenolic OH excluding ortho intramolecular Hbond substituents is 1. The Kier molecular flexibility index (Phi) is 5.85. The molecule has 0 aliphatic rings. The molecule has 0 unspecified atom stereocenters. The Balaban J connectivity index is 2.34. The second kappa shape index (κ2) is 7.86. The van der Waals surface area contributed by atoms with Crippen LogP contribution in [0.3, 0.4) is 0 Å². The van der Waals surface area contributed by atoms with Crippen molar-refractivity contribution < 1.29 is 14.6 Å². The lowest BCUT2D eigenvalue weighted by Gasteiger charge is -2.08. The maximum Gasteiger partial charge on any atom is 0.266 e. The summed E-state index contributed by atoms with van der Waals surface area (Å²) >= 11 is 9.26. The molecule has 0 fully saturated rings. The first-order chi connectivity index (χ1) is 11.5. The fourth-order valence-electron chi connectivity index (χ4n) is 1.89. The van der Waals surface area contributed by atoms with Crippen molar-refractivity contribution in [2.75, 3.05) is 12.4 Å². The molecule has 7 heteroatoms. The molecule has 2 N–H and O–H groups in total. The van der Waals surface area contributed by atoms with Crippen molar-refractivity contribution in [2.45, 2.75) is 0 Å². The minimum atomic E-state index is -0.593. The summed E-state index contributed by atoms with van der Waals surface area (Å²) in [5.41, 5.74) is 0.798. The number of nitrogens with zero attached hydrogens (tertiary/aromatic N) is 1. The highest BCUT2D eigenvalue weighted by atomic mass is 79.9. The number of phenols is 1. The second-order valence-electron chi connectivity index (χ2n) is 4.65. The molecule has 0 atom stereocenters. The van der Waals surface area contributed by atoms with Gasteiger partial charge in [0.15, 0.2) is 11.5 Å². The number of ether oxygens (including phenoxy) is 1. The summed E-state index contributed by atoms with van der Waals surface area (Å²) in [5.74, 6) is -0.418. The van der Waals surface area contributed by atoms with Crippen molar-refractivity contribution in [3.05, 3.63) is 57.0 Å². The van der Waals surface area contributed by atoms with Crippen LogP contribution in [0.1, 0.15) is 5.56 Å². The Morgan fingerprint density at radius 2 is 2.12 bits per heavy atom. The van der Waals surface area contributed by atoms with E-state index in [0.29, 0.717) is 20.7 Å². The van der Waals surface area contributed by atoms with Gasteiger partial charge in [0.2, 0.25) is 0 Å². The SMILES string of the molecule is COc1cc(/C=C(/C#N)C(=O)Nc2ccccc2Cl)c(Br)cc1O. The van der Waals surface area contributed by atoms with Crippen molar-refractivity contribution >= 4 is 45.2 Å². The average Bonchev–Trinajstić information content (AvgIpc) is 2.56. The van der Waals surface area contributed by atoms with Crippen molar-refractivity contribution in [3.8, 4) is 17.6 Å². The number of methoxy groups -OCH3 is 1. The highest BCUT2D eigenvalue weighted by Gasteiger charge is 2.13. The number of carbonyl (C=O) groups excluding carboxylic acids is 1. The van der Waals surface area contributed by atoms with Crippen LogP contribution in [0.15, 0.2) is 46.4 Å². The molecule has 0 radical (unpaired) electrons. The smallest absolute Gasteiger partial charge is 0.266 e. The maximum atomic E-state index is 12.3. The molecule has 0 spiro atoms. The van der Waals surface area contributed by atoms with E-state index in [2.05, 4.69) is 21.2 Å². The van der Waals surface area contributed by atoms with Gasteiger partial charge in [-0.05, 0) is 35.9 Å². The predicted octanol–water partition coefficient (Wildman–Crippen LogP) is 4.36. The molecule has 2 aromatic carbocycles. The third kappa shape index (κ3) is 4.07. The zero-order valence-corrected chi connectivity index (χ0v) is 14.9. The van der Waals surface area contributed by atoms with Gasteiger partial charge >= 0.3 is 0 Å². The maximum absolute atomic E-state index is 12.3. The van der Waals surface area contributed by atoms with Crippen molar-refractivity contribution in [1.82, 2.24) is 0 Å².